The number of imide groups is 1. The molecular weight excluding hydrogens is 324 g/mol. The van der Waals surface area contributed by atoms with E-state index in [1.54, 1.807) is 0 Å². The maximum Gasteiger partial charge on any atom is 0.278 e. The number of rotatable bonds is 5. The van der Waals surface area contributed by atoms with Crippen LogP contribution in [0.15, 0.2) is 71.4 Å². The summed E-state index contributed by atoms with van der Waals surface area (Å²) in [5, 5.41) is 3.02. The first-order chi connectivity index (χ1) is 11.6. The van der Waals surface area contributed by atoms with Crippen LogP contribution in [0.25, 0.3) is 0 Å². The molecule has 5 heteroatoms. The third-order valence-electron chi connectivity index (χ3n) is 3.96. The average molecular weight is 341 g/mol. The third kappa shape index (κ3) is 3.19. The van der Waals surface area contributed by atoms with Crippen LogP contribution < -0.4 is 5.32 Å². The van der Waals surface area contributed by atoms with E-state index in [4.69, 9.17) is 11.6 Å². The smallest absolute Gasteiger partial charge is 0.278 e. The molecule has 1 aliphatic heterocycles. The molecule has 4 nitrogen and oxygen atoms in total. The van der Waals surface area contributed by atoms with Gasteiger partial charge in [-0.25, -0.2) is 0 Å². The molecule has 2 aromatic rings. The van der Waals surface area contributed by atoms with Crippen molar-refractivity contribution in [1.82, 2.24) is 10.2 Å². The fourth-order valence-corrected chi connectivity index (χ4v) is 2.86. The van der Waals surface area contributed by atoms with Gasteiger partial charge in [-0.2, -0.15) is 0 Å². The number of carbonyl (C=O) groups is 2. The van der Waals surface area contributed by atoms with Crippen molar-refractivity contribution in [2.24, 2.45) is 0 Å². The van der Waals surface area contributed by atoms with E-state index < -0.39 is 11.8 Å². The molecule has 0 aliphatic carbocycles. The van der Waals surface area contributed by atoms with Crippen molar-refractivity contribution in [2.75, 3.05) is 0 Å². The monoisotopic (exact) mass is 340 g/mol. The second kappa shape index (κ2) is 6.89. The van der Waals surface area contributed by atoms with E-state index >= 15 is 0 Å². The highest BCUT2D eigenvalue weighted by Gasteiger charge is 2.38. The summed E-state index contributed by atoms with van der Waals surface area (Å²) in [6.45, 7) is 2.13. The maximum absolute atomic E-state index is 12.6. The van der Waals surface area contributed by atoms with E-state index in [9.17, 15) is 9.59 Å². The van der Waals surface area contributed by atoms with Crippen LogP contribution in [0.1, 0.15) is 24.1 Å². The van der Waals surface area contributed by atoms with Crippen LogP contribution in [0.4, 0.5) is 0 Å². The van der Waals surface area contributed by atoms with Crippen LogP contribution in [0.2, 0.25) is 0 Å². The molecule has 2 amide bonds. The van der Waals surface area contributed by atoms with Crippen LogP contribution in [-0.2, 0) is 16.1 Å². The highest BCUT2D eigenvalue weighted by atomic mass is 35.5. The molecule has 0 unspecified atom stereocenters. The summed E-state index contributed by atoms with van der Waals surface area (Å²) < 4.78 is 0. The Morgan fingerprint density at radius 3 is 2.17 bits per heavy atom. The van der Waals surface area contributed by atoms with Crippen LogP contribution in [-0.4, -0.2) is 16.7 Å². The first-order valence-corrected chi connectivity index (χ1v) is 8.07. The van der Waals surface area contributed by atoms with Gasteiger partial charge in [0.2, 0.25) is 0 Å². The van der Waals surface area contributed by atoms with E-state index in [0.717, 1.165) is 16.0 Å². The molecule has 0 bridgehead atoms. The van der Waals surface area contributed by atoms with Gasteiger partial charge < -0.3 is 5.32 Å². The number of carbonyl (C=O) groups excluding carboxylic acids is 2. The Labute approximate surface area is 145 Å². The minimum Gasteiger partial charge on any atom is -0.373 e. The largest absolute Gasteiger partial charge is 0.373 e. The number of amides is 2. The number of hydrogen-bond acceptors (Lipinski definition) is 3. The summed E-state index contributed by atoms with van der Waals surface area (Å²) in [5.41, 5.74) is 2.05. The highest BCUT2D eigenvalue weighted by molar-refractivity contribution is 6.47. The van der Waals surface area contributed by atoms with Gasteiger partial charge >= 0.3 is 0 Å². The number of halogens is 1. The SMILES string of the molecule is C[C@H](NC1=C(Cl)C(=O)N(Cc2ccccc2)C1=O)c1ccccc1. The highest BCUT2D eigenvalue weighted by Crippen LogP contribution is 2.26. The molecule has 1 atom stereocenters. The Hall–Kier alpha value is -2.59. The molecule has 0 aromatic heterocycles. The Kier molecular flexibility index (Phi) is 4.67. The molecule has 1 heterocycles. The zero-order valence-electron chi connectivity index (χ0n) is 13.2. The maximum atomic E-state index is 12.6. The van der Waals surface area contributed by atoms with Crippen molar-refractivity contribution in [3.05, 3.63) is 82.5 Å². The quantitative estimate of drug-likeness (QED) is 0.849. The molecule has 0 saturated heterocycles. The molecule has 2 aromatic carbocycles. The van der Waals surface area contributed by atoms with Crippen LogP contribution in [0.5, 0.6) is 0 Å². The molecular formula is C19H17ClN2O2. The van der Waals surface area contributed by atoms with Gasteiger partial charge in [0, 0.05) is 6.04 Å². The molecule has 0 saturated carbocycles. The number of nitrogens with zero attached hydrogens (tertiary/aromatic N) is 1. The lowest BCUT2D eigenvalue weighted by Gasteiger charge is -2.18. The number of hydrogen-bond donors (Lipinski definition) is 1. The summed E-state index contributed by atoms with van der Waals surface area (Å²) in [7, 11) is 0. The third-order valence-corrected chi connectivity index (χ3v) is 4.31. The van der Waals surface area contributed by atoms with E-state index in [2.05, 4.69) is 5.32 Å². The van der Waals surface area contributed by atoms with E-state index in [-0.39, 0.29) is 23.3 Å². The van der Waals surface area contributed by atoms with E-state index in [1.165, 1.54) is 0 Å². The van der Waals surface area contributed by atoms with E-state index in [0.29, 0.717) is 0 Å². The molecule has 24 heavy (non-hydrogen) atoms. The van der Waals surface area contributed by atoms with Crippen LogP contribution in [0, 0.1) is 0 Å². The van der Waals surface area contributed by atoms with Gasteiger partial charge in [-0.3, -0.25) is 14.5 Å². The zero-order valence-corrected chi connectivity index (χ0v) is 14.0. The van der Waals surface area contributed by atoms with Crippen molar-refractivity contribution in [2.45, 2.75) is 19.5 Å². The molecule has 0 spiro atoms. The molecule has 0 radical (unpaired) electrons. The van der Waals surface area contributed by atoms with Crippen LogP contribution >= 0.6 is 11.6 Å². The van der Waals surface area contributed by atoms with Crippen molar-refractivity contribution in [3.8, 4) is 0 Å². The van der Waals surface area contributed by atoms with Crippen molar-refractivity contribution < 1.29 is 9.59 Å². The zero-order chi connectivity index (χ0) is 17.1. The predicted molar refractivity (Wildman–Crippen MR) is 92.9 cm³/mol. The van der Waals surface area contributed by atoms with Gasteiger partial charge in [-0.15, -0.1) is 0 Å². The summed E-state index contributed by atoms with van der Waals surface area (Å²) in [4.78, 5) is 26.1. The molecule has 1 aliphatic rings. The lowest BCUT2D eigenvalue weighted by atomic mass is 10.1. The van der Waals surface area contributed by atoms with Crippen molar-refractivity contribution in [1.29, 1.82) is 0 Å². The van der Waals surface area contributed by atoms with E-state index in [1.807, 2.05) is 67.6 Å². The Morgan fingerprint density at radius 1 is 0.958 bits per heavy atom. The second-order valence-electron chi connectivity index (χ2n) is 5.65. The normalized spacial score (nSPS) is 15.8. The first kappa shape index (κ1) is 16.3. The topological polar surface area (TPSA) is 49.4 Å². The molecule has 122 valence electrons. The van der Waals surface area contributed by atoms with Gasteiger partial charge in [-0.1, -0.05) is 72.3 Å². The molecule has 1 N–H and O–H groups in total. The number of nitrogens with one attached hydrogen (secondary N) is 1. The molecule has 0 fully saturated rings. The summed E-state index contributed by atoms with van der Waals surface area (Å²) >= 11 is 6.12. The molecule has 3 rings (SSSR count). The summed E-state index contributed by atoms with van der Waals surface area (Å²) in [5.74, 6) is -0.857. The van der Waals surface area contributed by atoms with Crippen molar-refractivity contribution >= 4 is 23.4 Å². The Bertz CT molecular complexity index is 788. The van der Waals surface area contributed by atoms with Crippen LogP contribution in [0.3, 0.4) is 0 Å². The van der Waals surface area contributed by atoms with Gasteiger partial charge in [0.1, 0.15) is 10.7 Å². The van der Waals surface area contributed by atoms with Crippen molar-refractivity contribution in [3.63, 3.8) is 0 Å². The fourth-order valence-electron chi connectivity index (χ4n) is 2.62. The van der Waals surface area contributed by atoms with Gasteiger partial charge in [0.05, 0.1) is 6.54 Å². The summed E-state index contributed by atoms with van der Waals surface area (Å²) in [6, 6.07) is 18.9. The van der Waals surface area contributed by atoms with Gasteiger partial charge in [0.25, 0.3) is 11.8 Å². The fraction of sp³-hybridized carbons (Fsp3) is 0.158. The summed E-state index contributed by atoms with van der Waals surface area (Å²) in [6.07, 6.45) is 0. The Morgan fingerprint density at radius 2 is 1.54 bits per heavy atom. The lowest BCUT2D eigenvalue weighted by molar-refractivity contribution is -0.138. The number of benzene rings is 2. The minimum absolute atomic E-state index is 0.0567. The second-order valence-corrected chi connectivity index (χ2v) is 6.03. The lowest BCUT2D eigenvalue weighted by Crippen LogP contribution is -2.33. The minimum atomic E-state index is -0.465. The predicted octanol–water partition coefficient (Wildman–Crippen LogP) is 3.36. The Balaban J connectivity index is 1.77. The first-order valence-electron chi connectivity index (χ1n) is 7.69. The standard InChI is InChI=1S/C19H17ClN2O2/c1-13(15-10-6-3-7-11-15)21-17-16(20)18(23)22(19(17)24)12-14-8-4-2-5-9-14/h2-11,13,21H,12H2,1H3/t13-/m0/s1. The van der Waals surface area contributed by atoms with Gasteiger partial charge in [-0.05, 0) is 18.1 Å². The van der Waals surface area contributed by atoms with Gasteiger partial charge in [0.15, 0.2) is 0 Å². The average Bonchev–Trinajstić information content (AvgIpc) is 2.81.